The molecule has 2 atom stereocenters. The Hall–Kier alpha value is -3.19. The lowest BCUT2D eigenvalue weighted by Gasteiger charge is -2.36. The molecule has 0 spiro atoms. The maximum Gasteiger partial charge on any atom is 0.430 e. The first-order valence-corrected chi connectivity index (χ1v) is 15.5. The lowest BCUT2D eigenvalue weighted by Crippen LogP contribution is -2.62. The first-order chi connectivity index (χ1) is 21.3. The Morgan fingerprint density at radius 3 is 1.63 bits per heavy atom. The van der Waals surface area contributed by atoms with Crippen LogP contribution in [0.5, 0.6) is 11.5 Å². The van der Waals surface area contributed by atoms with Crippen molar-refractivity contribution in [1.29, 1.82) is 0 Å². The first kappa shape index (κ1) is 37.3. The number of rotatable bonds is 15. The molecule has 0 fully saturated rings. The third kappa shape index (κ3) is 8.58. The Morgan fingerprint density at radius 2 is 1.20 bits per heavy atom. The summed E-state index contributed by atoms with van der Waals surface area (Å²) in [4.78, 5) is 1.97. The van der Waals surface area contributed by atoms with Crippen LogP contribution in [0, 0.1) is 0 Å². The number of ether oxygens (including phenoxy) is 4. The summed E-state index contributed by atoms with van der Waals surface area (Å²) in [5.41, 5.74) is -4.66. The van der Waals surface area contributed by atoms with Crippen molar-refractivity contribution in [1.82, 2.24) is 0 Å². The zero-order valence-corrected chi connectivity index (χ0v) is 25.1. The SMILES string of the molecule is COCOC(COc1ccc([S+](c2ccccc2)c2ccc(OCCC(F)C(F)(F)S(=O)(=O)[O-])cc2)cc1)(C(F)(F)F)C(F)(F)F. The van der Waals surface area contributed by atoms with Crippen LogP contribution < -0.4 is 9.47 Å². The van der Waals surface area contributed by atoms with Crippen molar-refractivity contribution >= 4 is 21.0 Å². The number of methoxy groups -OCH3 is 1. The summed E-state index contributed by atoms with van der Waals surface area (Å²) in [5, 5.41) is -5.12. The van der Waals surface area contributed by atoms with E-state index in [-0.39, 0.29) is 11.5 Å². The second-order valence-electron chi connectivity index (χ2n) is 9.34. The summed E-state index contributed by atoms with van der Waals surface area (Å²) < 4.78 is 172. The normalized spacial score (nSPS) is 14.5. The zero-order chi connectivity index (χ0) is 34.4. The van der Waals surface area contributed by atoms with E-state index >= 15 is 0 Å². The highest BCUT2D eigenvalue weighted by Crippen LogP contribution is 2.46. The van der Waals surface area contributed by atoms with Crippen LogP contribution >= 0.6 is 0 Å². The minimum atomic E-state index is -6.21. The molecule has 3 aromatic rings. The van der Waals surface area contributed by atoms with Gasteiger partial charge in [0, 0.05) is 13.5 Å². The monoisotopic (exact) mass is 708 g/mol. The van der Waals surface area contributed by atoms with Gasteiger partial charge in [-0.05, 0) is 60.7 Å². The van der Waals surface area contributed by atoms with Gasteiger partial charge in [-0.3, -0.25) is 0 Å². The standard InChI is InChI=1S/C28H25F9O7S2/c1-41-18-44-25(27(32,33)34,28(35,36)37)17-43-20-9-13-23(14-10-20)45(21-5-3-2-4-6-21)22-11-7-19(8-12-22)42-16-15-24(29)26(30,31)46(38,39)40/h2-14,24H,15-18H2,1H3. The molecule has 7 nitrogen and oxygen atoms in total. The summed E-state index contributed by atoms with van der Waals surface area (Å²) in [6, 6.07) is 20.0. The highest BCUT2D eigenvalue weighted by Gasteiger charge is 2.73. The molecule has 0 aromatic heterocycles. The van der Waals surface area contributed by atoms with E-state index in [4.69, 9.17) is 9.47 Å². The fourth-order valence-corrected chi connectivity index (χ4v) is 6.28. The van der Waals surface area contributed by atoms with Crippen LogP contribution in [0.1, 0.15) is 6.42 Å². The van der Waals surface area contributed by atoms with Crippen molar-refractivity contribution in [3.05, 3.63) is 78.9 Å². The van der Waals surface area contributed by atoms with Crippen LogP contribution in [0.15, 0.2) is 93.5 Å². The van der Waals surface area contributed by atoms with Crippen LogP contribution in [-0.2, 0) is 30.5 Å². The number of halogens is 9. The summed E-state index contributed by atoms with van der Waals surface area (Å²) in [6.45, 7) is -3.93. The molecule has 3 rings (SSSR count). The van der Waals surface area contributed by atoms with Crippen molar-refractivity contribution in [2.45, 2.75) is 50.5 Å². The zero-order valence-electron chi connectivity index (χ0n) is 23.5. The Bertz CT molecular complexity index is 1490. The summed E-state index contributed by atoms with van der Waals surface area (Å²) in [7, 11) is -6.24. The van der Waals surface area contributed by atoms with Gasteiger partial charge in [0.2, 0.25) is 0 Å². The van der Waals surface area contributed by atoms with Gasteiger partial charge in [0.15, 0.2) is 31.0 Å². The Morgan fingerprint density at radius 1 is 0.739 bits per heavy atom. The van der Waals surface area contributed by atoms with Crippen LogP contribution in [0.2, 0.25) is 0 Å². The number of hydrogen-bond donors (Lipinski definition) is 0. The van der Waals surface area contributed by atoms with Crippen molar-refractivity contribution in [2.24, 2.45) is 0 Å². The van der Waals surface area contributed by atoms with E-state index in [0.717, 1.165) is 12.0 Å². The van der Waals surface area contributed by atoms with Crippen molar-refractivity contribution < 1.29 is 71.4 Å². The maximum absolute atomic E-state index is 13.7. The van der Waals surface area contributed by atoms with Gasteiger partial charge in [-0.25, -0.2) is 12.8 Å². The van der Waals surface area contributed by atoms with Gasteiger partial charge in [0.05, 0.1) is 17.5 Å². The Kier molecular flexibility index (Phi) is 11.9. The predicted molar refractivity (Wildman–Crippen MR) is 144 cm³/mol. The molecule has 0 aliphatic heterocycles. The van der Waals surface area contributed by atoms with E-state index in [1.165, 1.54) is 36.4 Å². The van der Waals surface area contributed by atoms with Gasteiger partial charge in [-0.1, -0.05) is 18.2 Å². The molecule has 46 heavy (non-hydrogen) atoms. The van der Waals surface area contributed by atoms with Gasteiger partial charge in [-0.15, -0.1) is 0 Å². The van der Waals surface area contributed by atoms with Crippen molar-refractivity contribution in [2.75, 3.05) is 27.1 Å². The molecule has 0 heterocycles. The molecular formula is C28H25F9O7S2. The molecule has 2 unspecified atom stereocenters. The lowest BCUT2D eigenvalue weighted by atomic mass is 10.0. The number of alkyl halides is 9. The molecule has 0 radical (unpaired) electrons. The second-order valence-corrected chi connectivity index (χ2v) is 12.8. The molecule has 0 amide bonds. The fraction of sp³-hybridized carbons (Fsp3) is 0.357. The second kappa shape index (κ2) is 14.7. The number of benzene rings is 3. The van der Waals surface area contributed by atoms with Gasteiger partial charge >= 0.3 is 17.6 Å². The topological polar surface area (TPSA) is 94.1 Å². The van der Waals surface area contributed by atoms with E-state index in [1.54, 1.807) is 42.5 Å². The van der Waals surface area contributed by atoms with E-state index in [1.807, 2.05) is 0 Å². The van der Waals surface area contributed by atoms with E-state index in [9.17, 15) is 52.5 Å². The Balaban J connectivity index is 1.80. The van der Waals surface area contributed by atoms with Crippen LogP contribution in [0.4, 0.5) is 39.5 Å². The average Bonchev–Trinajstić information content (AvgIpc) is 2.97. The molecule has 0 saturated carbocycles. The number of hydrogen-bond acceptors (Lipinski definition) is 7. The minimum absolute atomic E-state index is 0.0955. The van der Waals surface area contributed by atoms with Gasteiger partial charge < -0.3 is 23.5 Å². The van der Waals surface area contributed by atoms with E-state index in [2.05, 4.69) is 9.47 Å². The molecule has 0 bridgehead atoms. The fourth-order valence-electron chi connectivity index (χ4n) is 3.79. The molecule has 0 aliphatic carbocycles. The largest absolute Gasteiger partial charge is 0.743 e. The molecule has 254 valence electrons. The quantitative estimate of drug-likeness (QED) is 0.0735. The third-order valence-electron chi connectivity index (χ3n) is 6.22. The molecular weight excluding hydrogens is 683 g/mol. The lowest BCUT2D eigenvalue weighted by molar-refractivity contribution is -0.397. The Labute approximate surface area is 260 Å². The first-order valence-electron chi connectivity index (χ1n) is 12.8. The highest BCUT2D eigenvalue weighted by molar-refractivity contribution is 7.97. The maximum atomic E-state index is 13.7. The third-order valence-corrected chi connectivity index (χ3v) is 9.37. The highest BCUT2D eigenvalue weighted by atomic mass is 32.2. The van der Waals surface area contributed by atoms with Crippen LogP contribution in [0.25, 0.3) is 0 Å². The van der Waals surface area contributed by atoms with E-state index < -0.39 is 76.8 Å². The summed E-state index contributed by atoms with van der Waals surface area (Å²) in [6.07, 6.45) is -16.2. The van der Waals surface area contributed by atoms with Crippen LogP contribution in [0.3, 0.4) is 0 Å². The van der Waals surface area contributed by atoms with Crippen molar-refractivity contribution in [3.63, 3.8) is 0 Å². The molecule has 0 saturated heterocycles. The molecule has 0 N–H and O–H groups in total. The predicted octanol–water partition coefficient (Wildman–Crippen LogP) is 6.89. The van der Waals surface area contributed by atoms with Crippen LogP contribution in [-0.4, -0.2) is 69.5 Å². The van der Waals surface area contributed by atoms with Gasteiger partial charge in [0.1, 0.15) is 24.9 Å². The summed E-state index contributed by atoms with van der Waals surface area (Å²) in [5.74, 6) is -0.220. The molecule has 3 aromatic carbocycles. The van der Waals surface area contributed by atoms with Crippen molar-refractivity contribution in [3.8, 4) is 11.5 Å². The van der Waals surface area contributed by atoms with E-state index in [0.29, 0.717) is 9.79 Å². The molecule has 0 aliphatic rings. The average molecular weight is 709 g/mol. The van der Waals surface area contributed by atoms with Gasteiger partial charge in [-0.2, -0.15) is 35.1 Å². The summed E-state index contributed by atoms with van der Waals surface area (Å²) >= 11 is 0. The van der Waals surface area contributed by atoms with Gasteiger partial charge in [0.25, 0.3) is 5.60 Å². The smallest absolute Gasteiger partial charge is 0.430 e. The minimum Gasteiger partial charge on any atom is -0.743 e. The molecule has 18 heteroatoms.